The standard InChI is InChI=1S/C21H24N2O4/c1-14-5-8-17(9-6-14)18(24)10-11-20(25)22-23-21(26)13-27-19-12-15(2)4-7-16(19)3/h4-9,12H,10-11,13H2,1-3H3,(H,22,25)(H,23,26). The number of aryl methyl sites for hydroxylation is 3. The van der Waals surface area contributed by atoms with Gasteiger partial charge in [-0.05, 0) is 38.0 Å². The van der Waals surface area contributed by atoms with E-state index in [1.165, 1.54) is 0 Å². The summed E-state index contributed by atoms with van der Waals surface area (Å²) >= 11 is 0. The van der Waals surface area contributed by atoms with Gasteiger partial charge in [0.25, 0.3) is 5.91 Å². The first-order chi connectivity index (χ1) is 12.8. The van der Waals surface area contributed by atoms with Crippen molar-refractivity contribution in [3.8, 4) is 5.75 Å². The van der Waals surface area contributed by atoms with Gasteiger partial charge in [-0.25, -0.2) is 0 Å². The summed E-state index contributed by atoms with van der Waals surface area (Å²) in [6.07, 6.45) is 0.0641. The highest BCUT2D eigenvalue weighted by Gasteiger charge is 2.11. The largest absolute Gasteiger partial charge is 0.483 e. The summed E-state index contributed by atoms with van der Waals surface area (Å²) in [6.45, 7) is 5.55. The molecule has 2 aromatic rings. The first-order valence-corrected chi connectivity index (χ1v) is 8.73. The number of nitrogens with one attached hydrogen (secondary N) is 2. The van der Waals surface area contributed by atoms with Gasteiger partial charge in [0.1, 0.15) is 5.75 Å². The summed E-state index contributed by atoms with van der Waals surface area (Å²) in [6, 6.07) is 12.9. The lowest BCUT2D eigenvalue weighted by atomic mass is 10.1. The molecule has 0 fully saturated rings. The van der Waals surface area contributed by atoms with Crippen molar-refractivity contribution in [3.63, 3.8) is 0 Å². The summed E-state index contributed by atoms with van der Waals surface area (Å²) in [5, 5.41) is 0. The molecule has 0 spiro atoms. The zero-order valence-corrected chi connectivity index (χ0v) is 15.8. The van der Waals surface area contributed by atoms with Crippen LogP contribution in [0, 0.1) is 20.8 Å². The van der Waals surface area contributed by atoms with E-state index in [1.807, 2.05) is 51.1 Å². The fourth-order valence-corrected chi connectivity index (χ4v) is 2.35. The lowest BCUT2D eigenvalue weighted by Gasteiger charge is -2.11. The van der Waals surface area contributed by atoms with Crippen molar-refractivity contribution < 1.29 is 19.1 Å². The van der Waals surface area contributed by atoms with E-state index in [0.717, 1.165) is 16.7 Å². The molecule has 0 aliphatic carbocycles. The van der Waals surface area contributed by atoms with Gasteiger partial charge in [-0.1, -0.05) is 42.0 Å². The molecular formula is C21H24N2O4. The Bertz CT molecular complexity index is 829. The molecule has 142 valence electrons. The molecule has 0 atom stereocenters. The van der Waals surface area contributed by atoms with Crippen LogP contribution in [0.3, 0.4) is 0 Å². The van der Waals surface area contributed by atoms with E-state index in [1.54, 1.807) is 12.1 Å². The van der Waals surface area contributed by atoms with Crippen molar-refractivity contribution in [1.82, 2.24) is 10.9 Å². The molecule has 6 nitrogen and oxygen atoms in total. The lowest BCUT2D eigenvalue weighted by Crippen LogP contribution is -2.43. The fraction of sp³-hybridized carbons (Fsp3) is 0.286. The summed E-state index contributed by atoms with van der Waals surface area (Å²) in [4.78, 5) is 35.6. The van der Waals surface area contributed by atoms with Gasteiger partial charge in [0.2, 0.25) is 5.91 Å². The Hall–Kier alpha value is -3.15. The Labute approximate surface area is 158 Å². The Morgan fingerprint density at radius 2 is 1.44 bits per heavy atom. The Morgan fingerprint density at radius 3 is 2.15 bits per heavy atom. The van der Waals surface area contributed by atoms with Gasteiger partial charge in [0.15, 0.2) is 12.4 Å². The van der Waals surface area contributed by atoms with E-state index in [-0.39, 0.29) is 25.2 Å². The summed E-state index contributed by atoms with van der Waals surface area (Å²) in [5.74, 6) is -0.403. The predicted octanol–water partition coefficient (Wildman–Crippen LogP) is 2.80. The molecule has 6 heteroatoms. The quantitative estimate of drug-likeness (QED) is 0.581. The molecule has 27 heavy (non-hydrogen) atoms. The van der Waals surface area contributed by atoms with E-state index in [2.05, 4.69) is 10.9 Å². The van der Waals surface area contributed by atoms with Crippen molar-refractivity contribution in [3.05, 3.63) is 64.7 Å². The van der Waals surface area contributed by atoms with E-state index >= 15 is 0 Å². The summed E-state index contributed by atoms with van der Waals surface area (Å²) in [7, 11) is 0. The maximum Gasteiger partial charge on any atom is 0.276 e. The number of amides is 2. The van der Waals surface area contributed by atoms with E-state index < -0.39 is 11.8 Å². The van der Waals surface area contributed by atoms with Crippen molar-refractivity contribution in [2.45, 2.75) is 33.6 Å². The zero-order valence-electron chi connectivity index (χ0n) is 15.8. The minimum absolute atomic E-state index is 0.00909. The number of ether oxygens (including phenoxy) is 1. The number of ketones is 1. The van der Waals surface area contributed by atoms with Crippen molar-refractivity contribution >= 4 is 17.6 Å². The second kappa shape index (κ2) is 9.52. The van der Waals surface area contributed by atoms with Crippen molar-refractivity contribution in [2.75, 3.05) is 6.61 Å². The normalized spacial score (nSPS) is 10.2. The van der Waals surface area contributed by atoms with E-state index in [4.69, 9.17) is 4.74 Å². The van der Waals surface area contributed by atoms with Crippen LogP contribution in [0.1, 0.15) is 39.9 Å². The topological polar surface area (TPSA) is 84.5 Å². The average Bonchev–Trinajstić information content (AvgIpc) is 2.65. The van der Waals surface area contributed by atoms with Gasteiger partial charge < -0.3 is 4.74 Å². The minimum atomic E-state index is -0.478. The van der Waals surface area contributed by atoms with Gasteiger partial charge in [0.05, 0.1) is 0 Å². The molecule has 0 saturated carbocycles. The maximum atomic E-state index is 12.0. The van der Waals surface area contributed by atoms with Crippen LogP contribution in [0.4, 0.5) is 0 Å². The average molecular weight is 368 g/mol. The van der Waals surface area contributed by atoms with Crippen LogP contribution in [0.25, 0.3) is 0 Å². The van der Waals surface area contributed by atoms with Crippen LogP contribution in [-0.2, 0) is 9.59 Å². The van der Waals surface area contributed by atoms with Crippen LogP contribution in [-0.4, -0.2) is 24.2 Å². The zero-order chi connectivity index (χ0) is 19.8. The van der Waals surface area contributed by atoms with Crippen molar-refractivity contribution in [1.29, 1.82) is 0 Å². The molecule has 2 aromatic carbocycles. The van der Waals surface area contributed by atoms with Gasteiger partial charge >= 0.3 is 0 Å². The highest BCUT2D eigenvalue weighted by Crippen LogP contribution is 2.18. The molecule has 2 rings (SSSR count). The molecule has 0 aliphatic heterocycles. The first-order valence-electron chi connectivity index (χ1n) is 8.73. The Morgan fingerprint density at radius 1 is 0.815 bits per heavy atom. The predicted molar refractivity (Wildman–Crippen MR) is 102 cm³/mol. The summed E-state index contributed by atoms with van der Waals surface area (Å²) in [5.41, 5.74) is 8.16. The first kappa shape index (κ1) is 20.2. The second-order valence-corrected chi connectivity index (χ2v) is 6.44. The number of carbonyl (C=O) groups excluding carboxylic acids is 3. The van der Waals surface area contributed by atoms with Gasteiger partial charge in [0, 0.05) is 18.4 Å². The molecule has 0 saturated heterocycles. The SMILES string of the molecule is Cc1ccc(C(=O)CCC(=O)NNC(=O)COc2cc(C)ccc2C)cc1. The number of rotatable bonds is 7. The number of hydrogen-bond acceptors (Lipinski definition) is 4. The van der Waals surface area contributed by atoms with E-state index in [0.29, 0.717) is 11.3 Å². The molecule has 0 radical (unpaired) electrons. The second-order valence-electron chi connectivity index (χ2n) is 6.44. The van der Waals surface area contributed by atoms with Crippen LogP contribution in [0.2, 0.25) is 0 Å². The van der Waals surface area contributed by atoms with Crippen molar-refractivity contribution in [2.24, 2.45) is 0 Å². The molecule has 0 bridgehead atoms. The number of hydrogen-bond donors (Lipinski definition) is 2. The Balaban J connectivity index is 1.70. The molecule has 0 heterocycles. The number of hydrazine groups is 1. The maximum absolute atomic E-state index is 12.0. The number of carbonyl (C=O) groups is 3. The molecule has 0 unspecified atom stereocenters. The molecule has 2 N–H and O–H groups in total. The molecule has 0 aliphatic rings. The van der Waals surface area contributed by atoms with Crippen LogP contribution in [0.15, 0.2) is 42.5 Å². The summed E-state index contributed by atoms with van der Waals surface area (Å²) < 4.78 is 5.46. The third-order valence-corrected chi connectivity index (χ3v) is 4.00. The van der Waals surface area contributed by atoms with Crippen LogP contribution < -0.4 is 15.6 Å². The molecular weight excluding hydrogens is 344 g/mol. The third kappa shape index (κ3) is 6.58. The third-order valence-electron chi connectivity index (χ3n) is 4.00. The molecule has 0 aromatic heterocycles. The highest BCUT2D eigenvalue weighted by molar-refractivity contribution is 5.98. The van der Waals surface area contributed by atoms with Gasteiger partial charge in [-0.15, -0.1) is 0 Å². The monoisotopic (exact) mass is 368 g/mol. The Kier molecular flexibility index (Phi) is 7.11. The van der Waals surface area contributed by atoms with Gasteiger partial charge in [-0.3, -0.25) is 25.2 Å². The number of Topliss-reactive ketones (excluding diaryl/α,β-unsaturated/α-hetero) is 1. The molecule has 2 amide bonds. The van der Waals surface area contributed by atoms with E-state index in [9.17, 15) is 14.4 Å². The number of benzene rings is 2. The van der Waals surface area contributed by atoms with Gasteiger partial charge in [-0.2, -0.15) is 0 Å². The lowest BCUT2D eigenvalue weighted by molar-refractivity contribution is -0.130. The smallest absolute Gasteiger partial charge is 0.276 e. The van der Waals surface area contributed by atoms with Crippen LogP contribution >= 0.6 is 0 Å². The fourth-order valence-electron chi connectivity index (χ4n) is 2.35. The van der Waals surface area contributed by atoms with Crippen LogP contribution in [0.5, 0.6) is 5.75 Å². The highest BCUT2D eigenvalue weighted by atomic mass is 16.5. The minimum Gasteiger partial charge on any atom is -0.483 e.